The van der Waals surface area contributed by atoms with Gasteiger partial charge >= 0.3 is 0 Å². The summed E-state index contributed by atoms with van der Waals surface area (Å²) in [5.41, 5.74) is 3.31. The number of likely N-dealkylation sites (N-methyl/N-ethyl adjacent to an activating group) is 1. The molecule has 0 bridgehead atoms. The van der Waals surface area contributed by atoms with Gasteiger partial charge in [0.15, 0.2) is 5.78 Å². The van der Waals surface area contributed by atoms with Crippen molar-refractivity contribution in [3.8, 4) is 0 Å². The van der Waals surface area contributed by atoms with Crippen LogP contribution in [0.4, 0.5) is 27.5 Å². The number of nitrogens with zero attached hydrogens (tertiary/aromatic N) is 4. The van der Waals surface area contributed by atoms with Gasteiger partial charge in [0.05, 0.1) is 18.1 Å². The van der Waals surface area contributed by atoms with Crippen molar-refractivity contribution in [2.24, 2.45) is 0 Å². The van der Waals surface area contributed by atoms with E-state index in [-0.39, 0.29) is 17.5 Å². The second-order valence-corrected chi connectivity index (χ2v) is 15.7. The van der Waals surface area contributed by atoms with Crippen LogP contribution in [0, 0.1) is 5.82 Å². The van der Waals surface area contributed by atoms with E-state index in [4.69, 9.17) is 9.97 Å². The van der Waals surface area contributed by atoms with Gasteiger partial charge in [-0.15, -0.1) is 0 Å². The molecule has 2 unspecified atom stereocenters. The van der Waals surface area contributed by atoms with Crippen LogP contribution >= 0.6 is 7.14 Å². The maximum absolute atomic E-state index is 13.6. The number of nitrogens with one attached hydrogen (secondary N) is 3. The van der Waals surface area contributed by atoms with Crippen molar-refractivity contribution >= 4 is 47.1 Å². The number of ketones is 1. The van der Waals surface area contributed by atoms with E-state index < -0.39 is 13.0 Å². The van der Waals surface area contributed by atoms with Gasteiger partial charge in [0.25, 0.3) is 0 Å². The zero-order valence-electron chi connectivity index (χ0n) is 24.9. The molecule has 0 radical (unpaired) electrons. The fourth-order valence-electron chi connectivity index (χ4n) is 6.28. The number of carbonyl (C=O) groups is 1. The molecular weight excluding hydrogens is 564 g/mol. The second-order valence-electron chi connectivity index (χ2n) is 12.2. The van der Waals surface area contributed by atoms with Gasteiger partial charge in [-0.05, 0) is 81.7 Å². The minimum atomic E-state index is -2.39. The summed E-state index contributed by atoms with van der Waals surface area (Å²) in [6.07, 6.45) is 5.46. The van der Waals surface area contributed by atoms with Crippen LogP contribution in [0.2, 0.25) is 0 Å². The first-order chi connectivity index (χ1) is 20.7. The van der Waals surface area contributed by atoms with Crippen molar-refractivity contribution in [1.82, 2.24) is 19.9 Å². The van der Waals surface area contributed by atoms with Crippen LogP contribution in [-0.4, -0.2) is 83.9 Å². The molecule has 11 heteroatoms. The SMILES string of the molecule is CN1CCN(c2ccc(Nc3nc(NC4CCCCC4P(C)(C)=O)c4c(C(=O)c5ccc(F)cc5)c[nH]c4n3)cc2)CC1. The highest BCUT2D eigenvalue weighted by molar-refractivity contribution is 7.63. The summed E-state index contributed by atoms with van der Waals surface area (Å²) in [7, 11) is -0.242. The fourth-order valence-corrected chi connectivity index (χ4v) is 8.17. The summed E-state index contributed by atoms with van der Waals surface area (Å²) in [5, 5.41) is 7.50. The molecular formula is C32H39FN7O2P. The van der Waals surface area contributed by atoms with Crippen molar-refractivity contribution in [3.63, 3.8) is 0 Å². The quantitative estimate of drug-likeness (QED) is 0.162. The summed E-state index contributed by atoms with van der Waals surface area (Å²) in [4.78, 5) is 31.0. The number of aromatic amines is 1. The van der Waals surface area contributed by atoms with Crippen LogP contribution in [0.1, 0.15) is 41.6 Å². The molecule has 1 saturated carbocycles. The molecule has 2 aromatic heterocycles. The number of H-pyrrole nitrogens is 1. The number of anilines is 4. The Morgan fingerprint density at radius 2 is 1.67 bits per heavy atom. The molecule has 43 heavy (non-hydrogen) atoms. The van der Waals surface area contributed by atoms with E-state index in [0.717, 1.165) is 57.5 Å². The maximum Gasteiger partial charge on any atom is 0.231 e. The van der Waals surface area contributed by atoms with Crippen molar-refractivity contribution in [1.29, 1.82) is 0 Å². The molecule has 4 aromatic rings. The third kappa shape index (κ3) is 6.45. The first-order valence-electron chi connectivity index (χ1n) is 15.0. The Morgan fingerprint density at radius 1 is 0.977 bits per heavy atom. The Labute approximate surface area is 251 Å². The molecule has 1 aliphatic heterocycles. The predicted molar refractivity (Wildman–Crippen MR) is 172 cm³/mol. The van der Waals surface area contributed by atoms with Crippen molar-refractivity contribution < 1.29 is 13.8 Å². The summed E-state index contributed by atoms with van der Waals surface area (Å²) >= 11 is 0. The summed E-state index contributed by atoms with van der Waals surface area (Å²) < 4.78 is 26.8. The molecule has 3 heterocycles. The molecule has 0 spiro atoms. The number of hydrogen-bond acceptors (Lipinski definition) is 8. The second kappa shape index (κ2) is 12.1. The van der Waals surface area contributed by atoms with Crippen LogP contribution in [0.15, 0.2) is 54.7 Å². The zero-order chi connectivity index (χ0) is 30.1. The summed E-state index contributed by atoms with van der Waals surface area (Å²) in [6, 6.07) is 13.7. The summed E-state index contributed by atoms with van der Waals surface area (Å²) in [6.45, 7) is 7.78. The van der Waals surface area contributed by atoms with E-state index in [1.807, 2.05) is 25.5 Å². The van der Waals surface area contributed by atoms with Gasteiger partial charge in [-0.3, -0.25) is 4.79 Å². The number of benzene rings is 2. The number of piperazine rings is 1. The lowest BCUT2D eigenvalue weighted by Crippen LogP contribution is -2.44. The number of hydrogen-bond donors (Lipinski definition) is 3. The minimum Gasteiger partial charge on any atom is -0.369 e. The lowest BCUT2D eigenvalue weighted by molar-refractivity contribution is 0.104. The van der Waals surface area contributed by atoms with Gasteiger partial charge in [0.1, 0.15) is 17.3 Å². The van der Waals surface area contributed by atoms with E-state index in [0.29, 0.717) is 33.9 Å². The maximum atomic E-state index is 13.6. The largest absolute Gasteiger partial charge is 0.369 e. The van der Waals surface area contributed by atoms with Crippen LogP contribution in [0.25, 0.3) is 11.0 Å². The highest BCUT2D eigenvalue weighted by Gasteiger charge is 2.35. The van der Waals surface area contributed by atoms with E-state index in [1.165, 1.54) is 30.0 Å². The first kappa shape index (κ1) is 29.3. The number of halogens is 1. The monoisotopic (exact) mass is 603 g/mol. The molecule has 226 valence electrons. The Hall–Kier alpha value is -3.75. The van der Waals surface area contributed by atoms with Gasteiger partial charge in [-0.25, -0.2) is 4.39 Å². The van der Waals surface area contributed by atoms with E-state index in [2.05, 4.69) is 44.6 Å². The van der Waals surface area contributed by atoms with Gasteiger partial charge in [-0.1, -0.05) is 12.8 Å². The first-order valence-corrected chi connectivity index (χ1v) is 17.6. The molecule has 2 atom stereocenters. The molecule has 2 fully saturated rings. The van der Waals surface area contributed by atoms with Crippen LogP contribution < -0.4 is 15.5 Å². The van der Waals surface area contributed by atoms with Crippen LogP contribution in [0.5, 0.6) is 0 Å². The highest BCUT2D eigenvalue weighted by Crippen LogP contribution is 2.50. The predicted octanol–water partition coefficient (Wildman–Crippen LogP) is 6.17. The highest BCUT2D eigenvalue weighted by atomic mass is 31.2. The van der Waals surface area contributed by atoms with Crippen molar-refractivity contribution in [2.75, 3.05) is 62.1 Å². The smallest absolute Gasteiger partial charge is 0.231 e. The molecule has 1 aliphatic carbocycles. The number of carbonyl (C=O) groups excluding carboxylic acids is 1. The zero-order valence-corrected chi connectivity index (χ0v) is 25.8. The van der Waals surface area contributed by atoms with Crippen LogP contribution in [-0.2, 0) is 4.57 Å². The Balaban J connectivity index is 1.34. The van der Waals surface area contributed by atoms with Gasteiger partial charge in [-0.2, -0.15) is 9.97 Å². The lowest BCUT2D eigenvalue weighted by atomic mass is 9.94. The van der Waals surface area contributed by atoms with Crippen LogP contribution in [0.3, 0.4) is 0 Å². The summed E-state index contributed by atoms with van der Waals surface area (Å²) in [5.74, 6) is 0.238. The Bertz CT molecular complexity index is 1640. The van der Waals surface area contributed by atoms with E-state index in [1.54, 1.807) is 6.20 Å². The number of rotatable bonds is 8. The topological polar surface area (TPSA) is 106 Å². The molecule has 2 aliphatic rings. The number of aromatic nitrogens is 3. The van der Waals surface area contributed by atoms with Gasteiger partial charge < -0.3 is 30.0 Å². The normalized spacial score (nSPS) is 19.9. The Morgan fingerprint density at radius 3 is 2.37 bits per heavy atom. The number of fused-ring (bicyclic) bond motifs is 1. The molecule has 6 rings (SSSR count). The van der Waals surface area contributed by atoms with Gasteiger partial charge in [0, 0.05) is 61.0 Å². The molecule has 0 amide bonds. The van der Waals surface area contributed by atoms with E-state index >= 15 is 0 Å². The Kier molecular flexibility index (Phi) is 8.25. The average molecular weight is 604 g/mol. The molecule has 1 saturated heterocycles. The average Bonchev–Trinajstić information content (AvgIpc) is 3.42. The molecule has 2 aromatic carbocycles. The van der Waals surface area contributed by atoms with Crippen molar-refractivity contribution in [2.45, 2.75) is 37.4 Å². The minimum absolute atomic E-state index is 0.0139. The van der Waals surface area contributed by atoms with E-state index in [9.17, 15) is 13.8 Å². The molecule has 3 N–H and O–H groups in total. The third-order valence-electron chi connectivity index (χ3n) is 8.72. The van der Waals surface area contributed by atoms with Gasteiger partial charge in [0.2, 0.25) is 5.95 Å². The van der Waals surface area contributed by atoms with Crippen molar-refractivity contribution in [3.05, 3.63) is 71.7 Å². The lowest BCUT2D eigenvalue weighted by Gasteiger charge is -2.35. The fraction of sp³-hybridized carbons (Fsp3) is 0.406. The standard InChI is InChI=1S/C32H39FN7O2P/c1-39-16-18-40(19-17-39)24-14-12-23(13-15-24)35-32-37-30-28(25(20-34-30)29(41)21-8-10-22(33)11-9-21)31(38-32)36-26-6-4-5-7-27(26)43(2,3)42/h8-15,20,26-27H,4-7,16-19H2,1-3H3,(H3,34,35,36,37,38). The molecule has 9 nitrogen and oxygen atoms in total. The third-order valence-corrected chi connectivity index (χ3v) is 10.9.